The van der Waals surface area contributed by atoms with Gasteiger partial charge in [0.15, 0.2) is 0 Å². The Balaban J connectivity index is 1.88. The Bertz CT molecular complexity index is 419. The van der Waals surface area contributed by atoms with Gasteiger partial charge in [-0.05, 0) is 30.4 Å². The van der Waals surface area contributed by atoms with Gasteiger partial charge < -0.3 is 5.32 Å². The first-order chi connectivity index (χ1) is 9.19. The molecule has 2 unspecified atom stereocenters. The van der Waals surface area contributed by atoms with Crippen LogP contribution in [0.1, 0.15) is 44.6 Å². The number of rotatable bonds is 4. The maximum atomic E-state index is 12.1. The number of aromatic nitrogens is 1. The summed E-state index contributed by atoms with van der Waals surface area (Å²) in [5.74, 6) is 0.732. The van der Waals surface area contributed by atoms with E-state index in [4.69, 9.17) is 11.6 Å². The van der Waals surface area contributed by atoms with Crippen LogP contribution in [-0.2, 0) is 11.2 Å². The molecule has 0 aliphatic heterocycles. The number of halogens is 1. The first-order valence-corrected chi connectivity index (χ1v) is 7.46. The lowest BCUT2D eigenvalue weighted by molar-refractivity contribution is -0.121. The molecule has 1 heterocycles. The van der Waals surface area contributed by atoms with Gasteiger partial charge in [0.25, 0.3) is 0 Å². The van der Waals surface area contributed by atoms with Crippen molar-refractivity contribution in [1.29, 1.82) is 0 Å². The number of pyridine rings is 1. The molecule has 2 rings (SSSR count). The largest absolute Gasteiger partial charge is 0.353 e. The highest BCUT2D eigenvalue weighted by Gasteiger charge is 2.24. The Labute approximate surface area is 119 Å². The molecule has 1 aliphatic carbocycles. The Hall–Kier alpha value is -1.09. The molecule has 1 fully saturated rings. The normalized spacial score (nSPS) is 23.1. The molecule has 19 heavy (non-hydrogen) atoms. The minimum atomic E-state index is 0.0921. The molecular formula is C15H21ClN2O. The number of hydrogen-bond acceptors (Lipinski definition) is 2. The lowest BCUT2D eigenvalue weighted by Gasteiger charge is -2.31. The predicted octanol–water partition coefficient (Wildman–Crippen LogP) is 3.36. The molecule has 4 heteroatoms. The van der Waals surface area contributed by atoms with E-state index in [2.05, 4.69) is 17.2 Å². The van der Waals surface area contributed by atoms with Crippen LogP contribution in [0.25, 0.3) is 0 Å². The molecule has 2 atom stereocenters. The van der Waals surface area contributed by atoms with Crippen molar-refractivity contribution in [2.45, 2.75) is 51.5 Å². The second kappa shape index (κ2) is 6.90. The topological polar surface area (TPSA) is 42.0 Å². The monoisotopic (exact) mass is 280 g/mol. The van der Waals surface area contributed by atoms with Crippen molar-refractivity contribution in [3.63, 3.8) is 0 Å². The van der Waals surface area contributed by atoms with Crippen molar-refractivity contribution in [2.75, 3.05) is 0 Å². The molecule has 104 valence electrons. The number of carbonyl (C=O) groups excluding carboxylic acids is 1. The van der Waals surface area contributed by atoms with Crippen molar-refractivity contribution in [3.05, 3.63) is 29.0 Å². The lowest BCUT2D eigenvalue weighted by atomic mass is 9.83. The zero-order chi connectivity index (χ0) is 13.7. The van der Waals surface area contributed by atoms with Gasteiger partial charge in [0.2, 0.25) is 5.91 Å². The van der Waals surface area contributed by atoms with Crippen LogP contribution in [-0.4, -0.2) is 16.9 Å². The van der Waals surface area contributed by atoms with E-state index >= 15 is 0 Å². The third-order valence-electron chi connectivity index (χ3n) is 3.93. The molecule has 1 aromatic rings. The summed E-state index contributed by atoms with van der Waals surface area (Å²) in [5, 5.41) is 3.64. The quantitative estimate of drug-likeness (QED) is 0.859. The standard InChI is InChI=1S/C15H21ClN2O/c1-2-12-5-3-4-6-13(12)18-15(19)9-11-7-8-14(16)17-10-11/h7-8,10,12-13H,2-6,9H2,1H3,(H,18,19). The van der Waals surface area contributed by atoms with Gasteiger partial charge in [0.1, 0.15) is 5.15 Å². The van der Waals surface area contributed by atoms with Crippen LogP contribution < -0.4 is 5.32 Å². The van der Waals surface area contributed by atoms with Crippen molar-refractivity contribution in [2.24, 2.45) is 5.92 Å². The second-order valence-corrected chi connectivity index (χ2v) is 5.68. The SMILES string of the molecule is CCC1CCCCC1NC(=O)Cc1ccc(Cl)nc1. The molecule has 0 radical (unpaired) electrons. The summed E-state index contributed by atoms with van der Waals surface area (Å²) < 4.78 is 0. The van der Waals surface area contributed by atoms with E-state index in [1.165, 1.54) is 19.3 Å². The van der Waals surface area contributed by atoms with Crippen LogP contribution in [0.2, 0.25) is 5.15 Å². The van der Waals surface area contributed by atoms with Crippen LogP contribution >= 0.6 is 11.6 Å². The molecule has 0 saturated heterocycles. The number of amides is 1. The first kappa shape index (κ1) is 14.3. The van der Waals surface area contributed by atoms with Gasteiger partial charge in [0, 0.05) is 12.2 Å². The fourth-order valence-corrected chi connectivity index (χ4v) is 2.95. The van der Waals surface area contributed by atoms with Crippen molar-refractivity contribution in [1.82, 2.24) is 10.3 Å². The van der Waals surface area contributed by atoms with Crippen LogP contribution in [0.3, 0.4) is 0 Å². The predicted molar refractivity (Wildman–Crippen MR) is 77.1 cm³/mol. The average molecular weight is 281 g/mol. The summed E-state index contributed by atoms with van der Waals surface area (Å²) in [6.45, 7) is 2.21. The van der Waals surface area contributed by atoms with Gasteiger partial charge in [-0.15, -0.1) is 0 Å². The maximum Gasteiger partial charge on any atom is 0.224 e. The molecule has 1 aliphatic rings. The van der Waals surface area contributed by atoms with E-state index < -0.39 is 0 Å². The summed E-state index contributed by atoms with van der Waals surface area (Å²) in [6, 6.07) is 3.93. The maximum absolute atomic E-state index is 12.1. The Kier molecular flexibility index (Phi) is 5.20. The molecule has 0 bridgehead atoms. The van der Waals surface area contributed by atoms with E-state index in [0.717, 1.165) is 18.4 Å². The van der Waals surface area contributed by atoms with Crippen LogP contribution in [0, 0.1) is 5.92 Å². The molecule has 0 spiro atoms. The van der Waals surface area contributed by atoms with Crippen molar-refractivity contribution >= 4 is 17.5 Å². The third kappa shape index (κ3) is 4.20. The van der Waals surface area contributed by atoms with Gasteiger partial charge in [-0.3, -0.25) is 4.79 Å². The number of hydrogen-bond donors (Lipinski definition) is 1. The Morgan fingerprint density at radius 2 is 2.21 bits per heavy atom. The van der Waals surface area contributed by atoms with E-state index in [1.54, 1.807) is 12.3 Å². The fraction of sp³-hybridized carbons (Fsp3) is 0.600. The minimum Gasteiger partial charge on any atom is -0.353 e. The van der Waals surface area contributed by atoms with E-state index in [0.29, 0.717) is 23.5 Å². The van der Waals surface area contributed by atoms with E-state index in [9.17, 15) is 4.79 Å². The molecule has 1 aromatic heterocycles. The highest BCUT2D eigenvalue weighted by Crippen LogP contribution is 2.26. The van der Waals surface area contributed by atoms with Gasteiger partial charge >= 0.3 is 0 Å². The highest BCUT2D eigenvalue weighted by molar-refractivity contribution is 6.29. The third-order valence-corrected chi connectivity index (χ3v) is 4.16. The summed E-state index contributed by atoms with van der Waals surface area (Å²) >= 11 is 5.73. The molecule has 1 N–H and O–H groups in total. The van der Waals surface area contributed by atoms with Crippen molar-refractivity contribution < 1.29 is 4.79 Å². The second-order valence-electron chi connectivity index (χ2n) is 5.29. The first-order valence-electron chi connectivity index (χ1n) is 7.09. The number of carbonyl (C=O) groups is 1. The fourth-order valence-electron chi connectivity index (χ4n) is 2.84. The molecule has 3 nitrogen and oxygen atoms in total. The van der Waals surface area contributed by atoms with Gasteiger partial charge in [-0.2, -0.15) is 0 Å². The zero-order valence-corrected chi connectivity index (χ0v) is 12.1. The summed E-state index contributed by atoms with van der Waals surface area (Å²) in [7, 11) is 0. The van der Waals surface area contributed by atoms with Gasteiger partial charge in [-0.25, -0.2) is 4.98 Å². The Morgan fingerprint density at radius 1 is 1.42 bits per heavy atom. The Morgan fingerprint density at radius 3 is 2.89 bits per heavy atom. The molecule has 1 amide bonds. The summed E-state index contributed by atoms with van der Waals surface area (Å²) in [6.07, 6.45) is 8.08. The van der Waals surface area contributed by atoms with E-state index in [1.807, 2.05) is 6.07 Å². The van der Waals surface area contributed by atoms with Gasteiger partial charge in [0.05, 0.1) is 6.42 Å². The minimum absolute atomic E-state index is 0.0921. The number of nitrogens with one attached hydrogen (secondary N) is 1. The van der Waals surface area contributed by atoms with Crippen LogP contribution in [0.4, 0.5) is 0 Å². The zero-order valence-electron chi connectivity index (χ0n) is 11.4. The van der Waals surface area contributed by atoms with Crippen LogP contribution in [0.5, 0.6) is 0 Å². The summed E-state index contributed by atoms with van der Waals surface area (Å²) in [5.41, 5.74) is 0.908. The van der Waals surface area contributed by atoms with E-state index in [-0.39, 0.29) is 5.91 Å². The molecule has 1 saturated carbocycles. The summed E-state index contributed by atoms with van der Waals surface area (Å²) in [4.78, 5) is 16.1. The average Bonchev–Trinajstić information content (AvgIpc) is 2.42. The highest BCUT2D eigenvalue weighted by atomic mass is 35.5. The molecule has 0 aromatic carbocycles. The van der Waals surface area contributed by atoms with Crippen LogP contribution in [0.15, 0.2) is 18.3 Å². The number of nitrogens with zero attached hydrogens (tertiary/aromatic N) is 1. The van der Waals surface area contributed by atoms with Crippen molar-refractivity contribution in [3.8, 4) is 0 Å². The lowest BCUT2D eigenvalue weighted by Crippen LogP contribution is -2.42. The molecular weight excluding hydrogens is 260 g/mol. The van der Waals surface area contributed by atoms with Gasteiger partial charge in [-0.1, -0.05) is 43.9 Å². The smallest absolute Gasteiger partial charge is 0.224 e.